The van der Waals surface area contributed by atoms with Crippen molar-refractivity contribution in [3.63, 3.8) is 0 Å². The molecule has 0 radical (unpaired) electrons. The lowest BCUT2D eigenvalue weighted by molar-refractivity contribution is -0.108. The molecular formula is C16H16B2N2O3. The number of aldehydes is 1. The van der Waals surface area contributed by atoms with Gasteiger partial charge in [-0.3, -0.25) is 5.41 Å². The van der Waals surface area contributed by atoms with Crippen LogP contribution in [0, 0.1) is 5.41 Å². The molecule has 0 aliphatic heterocycles. The number of nitrogens with one attached hydrogen (secondary N) is 2. The maximum Gasteiger partial charge on any atom is 0.406 e. The summed E-state index contributed by atoms with van der Waals surface area (Å²) in [5.74, 6) is -0.323. The Hall–Kier alpha value is -2.53. The molecule has 5 nitrogen and oxygen atoms in total. The molecule has 1 atom stereocenters. The monoisotopic (exact) mass is 306 g/mol. The molecule has 2 aromatic rings. The van der Waals surface area contributed by atoms with E-state index in [0.717, 1.165) is 46.1 Å². The summed E-state index contributed by atoms with van der Waals surface area (Å²) in [5, 5.41) is 19.3. The van der Waals surface area contributed by atoms with Crippen LogP contribution in [0.2, 0.25) is 6.82 Å². The van der Waals surface area contributed by atoms with E-state index in [1.54, 1.807) is 6.82 Å². The van der Waals surface area contributed by atoms with Gasteiger partial charge in [-0.1, -0.05) is 24.3 Å². The van der Waals surface area contributed by atoms with Gasteiger partial charge in [0.15, 0.2) is 0 Å². The average Bonchev–Trinajstić information content (AvgIpc) is 2.84. The summed E-state index contributed by atoms with van der Waals surface area (Å²) in [6.45, 7) is 1.65. The Morgan fingerprint density at radius 2 is 1.96 bits per heavy atom. The van der Waals surface area contributed by atoms with Crippen molar-refractivity contribution in [2.45, 2.75) is 12.7 Å². The van der Waals surface area contributed by atoms with Crippen molar-refractivity contribution in [1.82, 2.24) is 0 Å². The normalized spacial score (nSPS) is 14.4. The molecule has 3 rings (SSSR count). The summed E-state index contributed by atoms with van der Waals surface area (Å²) in [4.78, 5) is 11.7. The first-order valence-electron chi connectivity index (χ1n) is 7.41. The highest BCUT2D eigenvalue weighted by atomic mass is 16.4. The number of carbonyl (C=O) groups is 1. The van der Waals surface area contributed by atoms with Gasteiger partial charge in [-0.25, -0.2) is 0 Å². The van der Waals surface area contributed by atoms with Gasteiger partial charge in [0.1, 0.15) is 12.7 Å². The summed E-state index contributed by atoms with van der Waals surface area (Å²) in [5.41, 5.74) is 5.67. The van der Waals surface area contributed by atoms with Crippen molar-refractivity contribution in [2.24, 2.45) is 0 Å². The van der Waals surface area contributed by atoms with Gasteiger partial charge in [0.05, 0.1) is 5.92 Å². The first-order chi connectivity index (χ1) is 11.1. The van der Waals surface area contributed by atoms with Crippen molar-refractivity contribution in [3.8, 4) is 11.1 Å². The first-order valence-corrected chi connectivity index (χ1v) is 7.41. The number of hydrogen-bond donors (Lipinski definition) is 3. The fourth-order valence-electron chi connectivity index (χ4n) is 3.05. The maximum absolute atomic E-state index is 11.7. The topological polar surface area (TPSA) is 82.4 Å². The van der Waals surface area contributed by atoms with E-state index in [2.05, 4.69) is 5.23 Å². The van der Waals surface area contributed by atoms with Gasteiger partial charge in [0.25, 0.3) is 0 Å². The van der Waals surface area contributed by atoms with E-state index in [0.29, 0.717) is 7.48 Å². The summed E-state index contributed by atoms with van der Waals surface area (Å²) < 4.78 is 5.00. The standard InChI is InChI=1S/C16H16B2N2O3/c1-18(22)20-11-3-5-13-12-4-2-10(17-23-9-19)6-14(12)16(8-21)15(13)7-11/h2-9,16-17,19-20,22H,1H3. The molecule has 0 saturated carbocycles. The van der Waals surface area contributed by atoms with E-state index in [1.165, 1.54) is 0 Å². The van der Waals surface area contributed by atoms with Crippen molar-refractivity contribution in [3.05, 3.63) is 47.5 Å². The van der Waals surface area contributed by atoms with Crippen LogP contribution < -0.4 is 10.7 Å². The minimum Gasteiger partial charge on any atom is -0.552 e. The van der Waals surface area contributed by atoms with Gasteiger partial charge in [0, 0.05) is 5.69 Å². The molecule has 0 spiro atoms. The lowest BCUT2D eigenvalue weighted by atomic mass is 9.84. The van der Waals surface area contributed by atoms with E-state index in [4.69, 9.17) is 10.1 Å². The number of hydrogen-bond acceptors (Lipinski definition) is 5. The van der Waals surface area contributed by atoms with Crippen molar-refractivity contribution >= 4 is 38.4 Å². The number of carbonyl (C=O) groups excluding carboxylic acids is 1. The van der Waals surface area contributed by atoms with E-state index >= 15 is 0 Å². The van der Waals surface area contributed by atoms with Crippen LogP contribution in [0.25, 0.3) is 11.1 Å². The van der Waals surface area contributed by atoms with Gasteiger partial charge in [-0.05, 0) is 46.7 Å². The van der Waals surface area contributed by atoms with Crippen LogP contribution in [0.1, 0.15) is 17.0 Å². The van der Waals surface area contributed by atoms with Crippen molar-refractivity contribution < 1.29 is 14.5 Å². The lowest BCUT2D eigenvalue weighted by Gasteiger charge is -2.10. The molecular weight excluding hydrogens is 290 g/mol. The molecule has 7 heteroatoms. The first kappa shape index (κ1) is 15.4. The summed E-state index contributed by atoms with van der Waals surface area (Å²) in [6.07, 6.45) is 1.85. The highest BCUT2D eigenvalue weighted by molar-refractivity contribution is 6.52. The zero-order valence-corrected chi connectivity index (χ0v) is 12.7. The van der Waals surface area contributed by atoms with Gasteiger partial charge < -0.3 is 19.7 Å². The molecule has 0 aromatic heterocycles. The van der Waals surface area contributed by atoms with Gasteiger partial charge in [-0.2, -0.15) is 0 Å². The van der Waals surface area contributed by atoms with Gasteiger partial charge in [-0.15, -0.1) is 0 Å². The SMILES string of the molecule is CB(O)Nc1ccc2c(c1)C(C=O)c1cc(BOC=N)ccc1-2. The zero-order chi connectivity index (χ0) is 16.4. The highest BCUT2D eigenvalue weighted by Crippen LogP contribution is 2.44. The van der Waals surface area contributed by atoms with Crippen LogP contribution in [0.15, 0.2) is 36.4 Å². The predicted molar refractivity (Wildman–Crippen MR) is 93.9 cm³/mol. The van der Waals surface area contributed by atoms with E-state index in [-0.39, 0.29) is 5.92 Å². The Kier molecular flexibility index (Phi) is 4.21. The largest absolute Gasteiger partial charge is 0.552 e. The second-order valence-electron chi connectivity index (χ2n) is 5.59. The Labute approximate surface area is 135 Å². The Bertz CT molecular complexity index is 765. The quantitative estimate of drug-likeness (QED) is 0.323. The lowest BCUT2D eigenvalue weighted by Crippen LogP contribution is -2.19. The van der Waals surface area contributed by atoms with Crippen LogP contribution in [-0.4, -0.2) is 32.2 Å². The average molecular weight is 306 g/mol. The Balaban J connectivity index is 2.01. The molecule has 0 heterocycles. The van der Waals surface area contributed by atoms with Gasteiger partial charge >= 0.3 is 14.5 Å². The van der Waals surface area contributed by atoms with Crippen LogP contribution in [0.5, 0.6) is 0 Å². The molecule has 1 aliphatic carbocycles. The molecule has 3 N–H and O–H groups in total. The summed E-state index contributed by atoms with van der Waals surface area (Å²) >= 11 is 0. The van der Waals surface area contributed by atoms with Crippen LogP contribution >= 0.6 is 0 Å². The number of anilines is 1. The molecule has 23 heavy (non-hydrogen) atoms. The third-order valence-electron chi connectivity index (χ3n) is 3.97. The minimum absolute atomic E-state index is 0.313. The van der Waals surface area contributed by atoms with Crippen molar-refractivity contribution in [2.75, 3.05) is 5.23 Å². The fraction of sp³-hybridized carbons (Fsp3) is 0.125. The highest BCUT2D eigenvalue weighted by Gasteiger charge is 2.29. The van der Waals surface area contributed by atoms with Crippen LogP contribution in [0.3, 0.4) is 0 Å². The number of benzene rings is 2. The molecule has 2 aromatic carbocycles. The predicted octanol–water partition coefficient (Wildman–Crippen LogP) is 1.12. The third-order valence-corrected chi connectivity index (χ3v) is 3.97. The smallest absolute Gasteiger partial charge is 0.406 e. The number of rotatable bonds is 6. The zero-order valence-electron chi connectivity index (χ0n) is 12.7. The minimum atomic E-state index is -0.656. The van der Waals surface area contributed by atoms with Crippen molar-refractivity contribution in [1.29, 1.82) is 5.41 Å². The second kappa shape index (κ2) is 6.30. The summed E-state index contributed by atoms with van der Waals surface area (Å²) in [7, 11) is -0.343. The van der Waals surface area contributed by atoms with Gasteiger partial charge in [0.2, 0.25) is 0 Å². The fourth-order valence-corrected chi connectivity index (χ4v) is 3.05. The van der Waals surface area contributed by atoms with E-state index in [9.17, 15) is 9.82 Å². The maximum atomic E-state index is 11.7. The molecule has 1 unspecified atom stereocenters. The van der Waals surface area contributed by atoms with Crippen LogP contribution in [-0.2, 0) is 9.45 Å². The molecule has 0 fully saturated rings. The Morgan fingerprint density at radius 3 is 2.61 bits per heavy atom. The van der Waals surface area contributed by atoms with E-state index < -0.39 is 7.05 Å². The Morgan fingerprint density at radius 1 is 1.26 bits per heavy atom. The molecule has 1 aliphatic rings. The van der Waals surface area contributed by atoms with Crippen LogP contribution in [0.4, 0.5) is 5.69 Å². The second-order valence-corrected chi connectivity index (χ2v) is 5.59. The summed E-state index contributed by atoms with van der Waals surface area (Å²) in [6, 6.07) is 11.7. The molecule has 0 saturated heterocycles. The van der Waals surface area contributed by atoms with E-state index in [1.807, 2.05) is 36.4 Å². The number of fused-ring (bicyclic) bond motifs is 3. The third kappa shape index (κ3) is 2.87. The molecule has 114 valence electrons. The molecule has 0 amide bonds. The molecule has 0 bridgehead atoms.